The molecule has 9 rings (SSSR count). The number of aliphatic carboxylic acids is 1. The van der Waals surface area contributed by atoms with Gasteiger partial charge in [0.1, 0.15) is 23.3 Å². The number of ether oxygens (including phenoxy) is 6. The summed E-state index contributed by atoms with van der Waals surface area (Å²) in [5.41, 5.74) is 22.6. The highest BCUT2D eigenvalue weighted by Crippen LogP contribution is 2.39. The number of nitro groups is 4. The largest absolute Gasteiger partial charge is 0.534 e. The number of alkyl halides is 1. The standard InChI is InChI=1S/C20H27ClN2O6.C17H21ClN2O7.C10H11ClN2O4.C10H11ClN2O2.C9H15NO5.C8H7BrClNO2.C8H8ClNO2.C8H10ClN/c1-11-8-13(21)9-12-10-14(22-17(25)27-19(2,3)4)16(24)23(15(11)12)29-18(26)28-20(5,6)7;1-5-26-15(22)17(19-11(4)21,16(23)27-6-2)9-12-8-13(18)7-10(3)14(12)20(24)25;1-5-2-7(11)3-6(9(5)13(16)17)4-8(12)10(14)15;1-5-2-7(11)3-6-4-8(12)10(14)13(15)9(5)6;1-4-14-8(12)7(10-6(3)11)9(13)15-5-2;1-5-2-7(10)3-6(4-9)8(5)11(12)13;1-5-3-7(9)4-6(2)8(5)10(11)12;1-5-3-7(9)4-6(2)8(5)10/h8-9,14H,10H2,1-7H3,(H,22,25);7-8H,5-6,9H2,1-4H3,(H,19,21);2-3,8H,4,12H2,1H3,(H,14,15);2-3,8,15H,4,12H2,1H3;7H,4-5H2,1-3H3,(H,10,11);2-3H,4H2,1H3;3-4H,1-2H3;3-4H,10H2,1-2H3. The van der Waals surface area contributed by atoms with E-state index in [0.717, 1.165) is 45.0 Å². The van der Waals surface area contributed by atoms with Gasteiger partial charge in [0.25, 0.3) is 34.6 Å². The number of nitrogens with one attached hydrogen (secondary N) is 3. The van der Waals surface area contributed by atoms with E-state index in [-0.39, 0.29) is 93.6 Å². The summed E-state index contributed by atoms with van der Waals surface area (Å²) in [5, 5.41) is 74.1. The van der Waals surface area contributed by atoms with Crippen LogP contribution in [0.15, 0.2) is 84.9 Å². The van der Waals surface area contributed by atoms with Crippen molar-refractivity contribution in [3.05, 3.63) is 238 Å². The Hall–Kier alpha value is -11.9. The number of esters is 4. The quantitative estimate of drug-likeness (QED) is 0.00456. The maximum atomic E-state index is 13.0. The van der Waals surface area contributed by atoms with E-state index >= 15 is 0 Å². The maximum Gasteiger partial charge on any atom is 0.534 e. The van der Waals surface area contributed by atoms with Crippen molar-refractivity contribution in [2.45, 2.75) is 217 Å². The Kier molecular flexibility index (Phi) is 49.2. The van der Waals surface area contributed by atoms with E-state index in [2.05, 4.69) is 41.4 Å². The van der Waals surface area contributed by atoms with Crippen LogP contribution in [0.2, 0.25) is 35.2 Å². The second-order valence-electron chi connectivity index (χ2n) is 32.2. The monoisotopic (exact) mass is 2130 g/mol. The summed E-state index contributed by atoms with van der Waals surface area (Å²) in [6, 6.07) is 18.1. The van der Waals surface area contributed by atoms with E-state index in [1.54, 1.807) is 145 Å². The average molecular weight is 2140 g/mol. The first-order valence-electron chi connectivity index (χ1n) is 41.4. The lowest BCUT2D eigenvalue weighted by molar-refractivity contribution is -0.386. The molecule has 0 saturated heterocycles. The fraction of sp³-hybridized carbons (Fsp3) is 0.411. The number of carboxylic acids is 1. The highest BCUT2D eigenvalue weighted by Gasteiger charge is 2.52. The van der Waals surface area contributed by atoms with Gasteiger partial charge in [0.05, 0.1) is 63.5 Å². The van der Waals surface area contributed by atoms with Crippen LogP contribution in [-0.2, 0) is 107 Å². The van der Waals surface area contributed by atoms with E-state index in [1.165, 1.54) is 52.0 Å². The summed E-state index contributed by atoms with van der Waals surface area (Å²) in [5.74, 6) is -7.31. The number of carboxylic acid groups (broad SMARTS) is 1. The number of alkyl carbamates (subject to hydrolysis) is 1. The van der Waals surface area contributed by atoms with Gasteiger partial charge in [-0.1, -0.05) is 97.1 Å². The number of anilines is 3. The van der Waals surface area contributed by atoms with E-state index in [4.69, 9.17) is 127 Å². The SMILES string of the molecule is CCOC(=O)C(Cc1cc(Cl)cc(C)c1[N+](=O)[O-])(NC(C)=O)C(=O)OCC.CCOC(=O)C(NC(C)=O)C(=O)OCC.Cc1cc(Cl)cc(C)c1N.Cc1cc(Cl)cc(C)c1[N+](=O)[O-].Cc1cc(Cl)cc(CBr)c1[N+](=O)[O-].Cc1cc(Cl)cc(CC(N)C(=O)O)c1[N+](=O)[O-].Cc1cc(Cl)cc2c1N(O)C(=O)C(N)C2.Cc1cc(Cl)cc2c1N(OC(=O)OC(C)(C)C)C(=O)C(NC(=O)OC(C)(C)C)C2. The van der Waals surface area contributed by atoms with Gasteiger partial charge in [-0.3, -0.25) is 74.5 Å². The maximum absolute atomic E-state index is 13.0. The van der Waals surface area contributed by atoms with Crippen molar-refractivity contribution in [1.82, 2.24) is 16.0 Å². The molecule has 3 unspecified atom stereocenters. The van der Waals surface area contributed by atoms with E-state index in [1.807, 2.05) is 26.0 Å². The van der Waals surface area contributed by atoms with Gasteiger partial charge >= 0.3 is 42.1 Å². The van der Waals surface area contributed by atoms with Crippen molar-refractivity contribution in [2.24, 2.45) is 11.5 Å². The molecule has 0 aromatic heterocycles. The summed E-state index contributed by atoms with van der Waals surface area (Å²) in [6.45, 7) is 34.3. The lowest BCUT2D eigenvalue weighted by atomic mass is 9.88. The molecule has 3 atom stereocenters. The number of amides is 5. The highest BCUT2D eigenvalue weighted by molar-refractivity contribution is 9.08. The first-order chi connectivity index (χ1) is 63.8. The Morgan fingerprint density at radius 3 is 1.22 bits per heavy atom. The van der Waals surface area contributed by atoms with Crippen molar-refractivity contribution < 1.29 is 116 Å². The zero-order chi connectivity index (χ0) is 106. The van der Waals surface area contributed by atoms with Crippen LogP contribution in [0, 0.1) is 103 Å². The van der Waals surface area contributed by atoms with Crippen LogP contribution in [0.4, 0.5) is 49.4 Å². The van der Waals surface area contributed by atoms with Gasteiger partial charge in [0, 0.05) is 124 Å². The highest BCUT2D eigenvalue weighted by atomic mass is 79.9. The number of fused-ring (bicyclic) bond motifs is 2. The number of carbonyl (C=O) groups excluding carboxylic acids is 10. The molecule has 11 N–H and O–H groups in total. The zero-order valence-corrected chi connectivity index (χ0v) is 86.1. The average Bonchev–Trinajstić information content (AvgIpc) is 0.780. The number of hydroxylamine groups is 2. The minimum absolute atomic E-state index is 0.0140. The number of aryl methyl sites for hydroxylation is 9. The van der Waals surface area contributed by atoms with Crippen LogP contribution in [0.5, 0.6) is 0 Å². The molecule has 0 bridgehead atoms. The van der Waals surface area contributed by atoms with Crippen LogP contribution in [0.3, 0.4) is 0 Å². The Morgan fingerprint density at radius 1 is 0.500 bits per heavy atom. The predicted octanol–water partition coefficient (Wildman–Crippen LogP) is 17.6. The number of nitro benzene ring substituents is 4. The molecule has 0 saturated carbocycles. The first kappa shape index (κ1) is 122. The number of carbonyl (C=O) groups is 11. The third kappa shape index (κ3) is 38.1. The minimum atomic E-state index is -2.28. The fourth-order valence-corrected chi connectivity index (χ4v) is 15.6. The number of hydrogen-bond acceptors (Lipinski definition) is 30. The number of nitrogens with zero attached hydrogens (tertiary/aromatic N) is 6. The second kappa shape index (κ2) is 55.6. The van der Waals surface area contributed by atoms with E-state index in [0.29, 0.717) is 92.2 Å². The summed E-state index contributed by atoms with van der Waals surface area (Å²) < 4.78 is 29.5. The van der Waals surface area contributed by atoms with E-state index < -0.39 is 123 Å². The topological polar surface area (TPSA) is 586 Å². The van der Waals surface area contributed by atoms with Gasteiger partial charge in [-0.25, -0.2) is 28.8 Å². The molecule has 0 fully saturated rings. The van der Waals surface area contributed by atoms with Gasteiger partial charge in [-0.05, 0) is 256 Å². The molecule has 40 nitrogen and oxygen atoms in total. The Labute approximate surface area is 838 Å². The molecule has 138 heavy (non-hydrogen) atoms. The van der Waals surface area contributed by atoms with Gasteiger partial charge in [0.2, 0.25) is 23.4 Å². The molecule has 0 spiro atoms. The van der Waals surface area contributed by atoms with Crippen molar-refractivity contribution in [1.29, 1.82) is 0 Å². The normalized spacial score (nSPS) is 12.9. The zero-order valence-electron chi connectivity index (χ0n) is 79.2. The summed E-state index contributed by atoms with van der Waals surface area (Å²) in [4.78, 5) is 177. The number of nitrogens with two attached hydrogens (primary N) is 3. The molecule has 0 radical (unpaired) electrons. The number of hydrogen-bond donors (Lipinski definition) is 8. The van der Waals surface area contributed by atoms with Gasteiger partial charge in [-0.2, -0.15) is 5.06 Å². The van der Waals surface area contributed by atoms with Crippen LogP contribution in [0.25, 0.3) is 0 Å². The molecule has 754 valence electrons. The first-order valence-corrected chi connectivity index (χ1v) is 45.2. The van der Waals surface area contributed by atoms with Crippen molar-refractivity contribution in [3.63, 3.8) is 0 Å². The Balaban J connectivity index is 0.000000547. The van der Waals surface area contributed by atoms with Crippen molar-refractivity contribution >= 4 is 203 Å². The fourth-order valence-electron chi connectivity index (χ4n) is 13.0. The molecule has 48 heteroatoms. The van der Waals surface area contributed by atoms with Crippen LogP contribution in [-0.4, -0.2) is 163 Å². The third-order valence-corrected chi connectivity index (χ3v) is 20.5. The molecule has 2 aliphatic rings. The van der Waals surface area contributed by atoms with Gasteiger partial charge in [-0.15, -0.1) is 5.06 Å². The van der Waals surface area contributed by atoms with E-state index in [9.17, 15) is 98.4 Å². The summed E-state index contributed by atoms with van der Waals surface area (Å²) >= 11 is 44.2. The minimum Gasteiger partial charge on any atom is -0.480 e. The lowest BCUT2D eigenvalue weighted by Crippen LogP contribution is -2.62. The number of benzene rings is 7. The molecule has 7 aromatic rings. The number of nitrogen functional groups attached to an aromatic ring is 1. The summed E-state index contributed by atoms with van der Waals surface area (Å²) in [7, 11) is 0. The second-order valence-corrected chi connectivity index (χ2v) is 35.8. The number of rotatable bonds is 22. The van der Waals surface area contributed by atoms with Crippen molar-refractivity contribution in [3.8, 4) is 0 Å². The van der Waals surface area contributed by atoms with Crippen LogP contribution < -0.4 is 43.3 Å². The molecule has 2 aliphatic heterocycles. The van der Waals surface area contributed by atoms with Crippen LogP contribution in [0.1, 0.15) is 161 Å². The number of halogens is 8. The molecule has 0 aliphatic carbocycles. The smallest absolute Gasteiger partial charge is 0.480 e. The summed E-state index contributed by atoms with van der Waals surface area (Å²) in [6.07, 6.45) is -1.90. The third-order valence-electron chi connectivity index (χ3n) is 18.4. The van der Waals surface area contributed by atoms with Crippen molar-refractivity contribution in [2.75, 3.05) is 42.3 Å². The Bertz CT molecular complexity index is 5600. The molecule has 5 amide bonds. The predicted molar refractivity (Wildman–Crippen MR) is 523 cm³/mol. The lowest BCUT2D eigenvalue weighted by Gasteiger charge is -2.34. The van der Waals surface area contributed by atoms with Crippen LogP contribution >= 0.6 is 97.1 Å². The van der Waals surface area contributed by atoms with Gasteiger partial charge < -0.3 is 66.7 Å². The molecular formula is C90H110BrCl7N12O28. The van der Waals surface area contributed by atoms with Gasteiger partial charge in [0.15, 0.2) is 0 Å². The molecular weight excluding hydrogens is 2030 g/mol. The molecule has 2 heterocycles. The molecule has 7 aromatic carbocycles. The Morgan fingerprint density at radius 2 is 0.848 bits per heavy atom.